The van der Waals surface area contributed by atoms with Gasteiger partial charge in [0, 0.05) is 0 Å². The molecule has 0 radical (unpaired) electrons. The number of hydrogen-bond acceptors (Lipinski definition) is 3. The maximum absolute atomic E-state index is 8.98. The van der Waals surface area contributed by atoms with Crippen LogP contribution in [0.4, 0.5) is 0 Å². The molecule has 0 bridgehead atoms. The van der Waals surface area contributed by atoms with Crippen LogP contribution < -0.4 is 0 Å². The molecule has 0 spiro atoms. The molecule has 4 nitrogen and oxygen atoms in total. The fraction of sp³-hybridized carbons (Fsp3) is 0.200. The summed E-state index contributed by atoms with van der Waals surface area (Å²) in [6.07, 6.45) is 3.53. The molecule has 1 aromatic heterocycles. The second kappa shape index (κ2) is 2.41. The quantitative estimate of drug-likeness (QED) is 0.564. The fourth-order valence-corrected chi connectivity index (χ4v) is 0.467. The van der Waals surface area contributed by atoms with Crippen LogP contribution in [0.1, 0.15) is 6.23 Å². The second-order valence-corrected chi connectivity index (χ2v) is 1.56. The molecule has 1 rings (SSSR count). The zero-order valence-electron chi connectivity index (χ0n) is 4.81. The Hall–Kier alpha value is -1.16. The van der Waals surface area contributed by atoms with Gasteiger partial charge in [-0.2, -0.15) is 0 Å². The summed E-state index contributed by atoms with van der Waals surface area (Å²) >= 11 is 0. The molecule has 0 aromatic carbocycles. The fourth-order valence-electron chi connectivity index (χ4n) is 0.467. The van der Waals surface area contributed by atoms with Crippen LogP contribution in [0.25, 0.3) is 0 Å². The standard InChI is InChI=1S/C5H7N3O/c1-2-5(9)8-3-6-7-4-8/h2-5,9H,1H2. The Labute approximate surface area is 52.5 Å². The van der Waals surface area contributed by atoms with E-state index in [4.69, 9.17) is 5.11 Å². The Morgan fingerprint density at radius 3 is 2.56 bits per heavy atom. The zero-order valence-corrected chi connectivity index (χ0v) is 4.81. The first-order chi connectivity index (χ1) is 4.34. The van der Waals surface area contributed by atoms with E-state index in [1.807, 2.05) is 0 Å². The topological polar surface area (TPSA) is 50.9 Å². The van der Waals surface area contributed by atoms with E-state index in [9.17, 15) is 0 Å². The van der Waals surface area contributed by atoms with Crippen LogP contribution in [0.2, 0.25) is 0 Å². The van der Waals surface area contributed by atoms with Crippen molar-refractivity contribution in [2.75, 3.05) is 0 Å². The monoisotopic (exact) mass is 125 g/mol. The number of aliphatic hydroxyl groups is 1. The molecular weight excluding hydrogens is 118 g/mol. The van der Waals surface area contributed by atoms with E-state index in [-0.39, 0.29) is 0 Å². The lowest BCUT2D eigenvalue weighted by Crippen LogP contribution is -2.00. The van der Waals surface area contributed by atoms with Gasteiger partial charge in [-0.15, -0.1) is 10.2 Å². The van der Waals surface area contributed by atoms with Gasteiger partial charge in [-0.05, 0) is 6.08 Å². The predicted molar refractivity (Wildman–Crippen MR) is 31.5 cm³/mol. The van der Waals surface area contributed by atoms with Crippen LogP contribution in [-0.4, -0.2) is 19.9 Å². The summed E-state index contributed by atoms with van der Waals surface area (Å²) in [7, 11) is 0. The maximum atomic E-state index is 8.98. The number of aromatic nitrogens is 3. The van der Waals surface area contributed by atoms with Crippen molar-refractivity contribution < 1.29 is 5.11 Å². The van der Waals surface area contributed by atoms with Crippen molar-refractivity contribution in [3.8, 4) is 0 Å². The van der Waals surface area contributed by atoms with Crippen LogP contribution in [0.3, 0.4) is 0 Å². The van der Waals surface area contributed by atoms with Gasteiger partial charge in [0.15, 0.2) is 6.23 Å². The lowest BCUT2D eigenvalue weighted by Gasteiger charge is -2.02. The van der Waals surface area contributed by atoms with Crippen LogP contribution in [0.5, 0.6) is 0 Å². The van der Waals surface area contributed by atoms with E-state index in [2.05, 4.69) is 16.8 Å². The van der Waals surface area contributed by atoms with Crippen molar-refractivity contribution in [2.24, 2.45) is 0 Å². The smallest absolute Gasteiger partial charge is 0.151 e. The largest absolute Gasteiger partial charge is 0.369 e. The summed E-state index contributed by atoms with van der Waals surface area (Å²) in [6, 6.07) is 0. The number of hydrogen-bond donors (Lipinski definition) is 1. The molecule has 1 atom stereocenters. The minimum absolute atomic E-state index is 0.708. The third-order valence-corrected chi connectivity index (χ3v) is 0.953. The van der Waals surface area contributed by atoms with Gasteiger partial charge in [0.1, 0.15) is 12.7 Å². The maximum Gasteiger partial charge on any atom is 0.151 e. The van der Waals surface area contributed by atoms with E-state index >= 15 is 0 Å². The minimum atomic E-state index is -0.708. The highest BCUT2D eigenvalue weighted by atomic mass is 16.3. The molecule has 0 aliphatic carbocycles. The zero-order chi connectivity index (χ0) is 6.69. The highest BCUT2D eigenvalue weighted by Crippen LogP contribution is 1.98. The summed E-state index contributed by atoms with van der Waals surface area (Å²) in [5.74, 6) is 0. The molecule has 0 saturated heterocycles. The molecule has 1 aromatic rings. The van der Waals surface area contributed by atoms with E-state index < -0.39 is 6.23 Å². The van der Waals surface area contributed by atoms with Crippen molar-refractivity contribution in [1.29, 1.82) is 0 Å². The van der Waals surface area contributed by atoms with Crippen molar-refractivity contribution in [3.05, 3.63) is 25.3 Å². The predicted octanol–water partition coefficient (Wildman–Crippen LogP) is -0.0450. The van der Waals surface area contributed by atoms with Crippen LogP contribution in [0, 0.1) is 0 Å². The normalized spacial score (nSPS) is 13.0. The summed E-state index contributed by atoms with van der Waals surface area (Å²) in [4.78, 5) is 0. The number of nitrogens with zero attached hydrogens (tertiary/aromatic N) is 3. The number of aliphatic hydroxyl groups excluding tert-OH is 1. The lowest BCUT2D eigenvalue weighted by atomic mass is 10.5. The van der Waals surface area contributed by atoms with Gasteiger partial charge in [0.05, 0.1) is 0 Å². The Bertz CT molecular complexity index is 182. The van der Waals surface area contributed by atoms with Crippen LogP contribution in [-0.2, 0) is 0 Å². The van der Waals surface area contributed by atoms with Gasteiger partial charge in [0.2, 0.25) is 0 Å². The minimum Gasteiger partial charge on any atom is -0.369 e. The molecule has 0 amide bonds. The average Bonchev–Trinajstić information content (AvgIpc) is 2.37. The first-order valence-electron chi connectivity index (χ1n) is 2.49. The summed E-state index contributed by atoms with van der Waals surface area (Å²) in [5.41, 5.74) is 0. The molecule has 1 N–H and O–H groups in total. The van der Waals surface area contributed by atoms with E-state index in [1.54, 1.807) is 0 Å². The molecule has 48 valence electrons. The molecule has 0 saturated carbocycles. The van der Waals surface area contributed by atoms with Gasteiger partial charge in [-0.1, -0.05) is 6.58 Å². The van der Waals surface area contributed by atoms with Crippen molar-refractivity contribution in [1.82, 2.24) is 14.8 Å². The molecule has 0 aliphatic heterocycles. The second-order valence-electron chi connectivity index (χ2n) is 1.56. The SMILES string of the molecule is C=CC(O)n1cnnc1. The van der Waals surface area contributed by atoms with Gasteiger partial charge in [-0.25, -0.2) is 0 Å². The molecule has 1 heterocycles. The molecule has 0 fully saturated rings. The van der Waals surface area contributed by atoms with Crippen molar-refractivity contribution >= 4 is 0 Å². The number of rotatable bonds is 2. The van der Waals surface area contributed by atoms with Crippen LogP contribution >= 0.6 is 0 Å². The highest BCUT2D eigenvalue weighted by molar-refractivity contribution is 4.78. The average molecular weight is 125 g/mol. The Balaban J connectivity index is 2.76. The Morgan fingerprint density at radius 1 is 1.56 bits per heavy atom. The third kappa shape index (κ3) is 1.14. The Kier molecular flexibility index (Phi) is 1.60. The van der Waals surface area contributed by atoms with Gasteiger partial charge in [0.25, 0.3) is 0 Å². The first kappa shape index (κ1) is 5.97. The third-order valence-electron chi connectivity index (χ3n) is 0.953. The summed E-state index contributed by atoms with van der Waals surface area (Å²) < 4.78 is 1.44. The van der Waals surface area contributed by atoms with E-state index in [0.717, 1.165) is 0 Å². The summed E-state index contributed by atoms with van der Waals surface area (Å²) in [6.45, 7) is 3.39. The molecule has 0 aliphatic rings. The summed E-state index contributed by atoms with van der Waals surface area (Å²) in [5, 5.41) is 16.0. The van der Waals surface area contributed by atoms with Gasteiger partial charge in [-0.3, -0.25) is 4.57 Å². The van der Waals surface area contributed by atoms with Crippen molar-refractivity contribution in [3.63, 3.8) is 0 Å². The van der Waals surface area contributed by atoms with Crippen LogP contribution in [0.15, 0.2) is 25.3 Å². The molecular formula is C5H7N3O. The highest BCUT2D eigenvalue weighted by Gasteiger charge is 1.96. The van der Waals surface area contributed by atoms with Gasteiger partial charge < -0.3 is 5.11 Å². The van der Waals surface area contributed by atoms with E-state index in [1.165, 1.54) is 23.3 Å². The molecule has 4 heteroatoms. The molecule has 1 unspecified atom stereocenters. The lowest BCUT2D eigenvalue weighted by molar-refractivity contribution is 0.154. The molecule has 9 heavy (non-hydrogen) atoms. The van der Waals surface area contributed by atoms with E-state index in [0.29, 0.717) is 0 Å². The van der Waals surface area contributed by atoms with Crippen molar-refractivity contribution in [2.45, 2.75) is 6.23 Å². The first-order valence-corrected chi connectivity index (χ1v) is 2.49. The van der Waals surface area contributed by atoms with Gasteiger partial charge >= 0.3 is 0 Å². The Morgan fingerprint density at radius 2 is 2.11 bits per heavy atom.